The molecule has 0 saturated carbocycles. The summed E-state index contributed by atoms with van der Waals surface area (Å²) in [6.45, 7) is 0. The highest BCUT2D eigenvalue weighted by Crippen LogP contribution is 2.32. The van der Waals surface area contributed by atoms with E-state index >= 15 is 0 Å². The molecule has 15 heavy (non-hydrogen) atoms. The van der Waals surface area contributed by atoms with Crippen molar-refractivity contribution in [2.24, 2.45) is 5.73 Å². The maximum Gasteiger partial charge on any atom is 0.248 e. The lowest BCUT2D eigenvalue weighted by Gasteiger charge is -2.02. The number of anilines is 1. The molecule has 1 aromatic carbocycles. The molecule has 0 aliphatic carbocycles. The number of rotatable bonds is 2. The van der Waals surface area contributed by atoms with Crippen LogP contribution in [0.25, 0.3) is 10.2 Å². The van der Waals surface area contributed by atoms with E-state index in [1.54, 1.807) is 12.1 Å². The molecular formula is C9H9N3O2S. The van der Waals surface area contributed by atoms with Gasteiger partial charge in [0.2, 0.25) is 5.91 Å². The molecule has 78 valence electrons. The lowest BCUT2D eigenvalue weighted by molar-refractivity contribution is 0.1000. The van der Waals surface area contributed by atoms with Crippen molar-refractivity contribution in [1.82, 2.24) is 4.98 Å². The molecule has 1 heterocycles. The fourth-order valence-corrected chi connectivity index (χ4v) is 2.10. The Kier molecular flexibility index (Phi) is 2.20. The van der Waals surface area contributed by atoms with Crippen molar-refractivity contribution in [2.45, 2.75) is 0 Å². The Labute approximate surface area is 89.7 Å². The third kappa shape index (κ3) is 1.59. The summed E-state index contributed by atoms with van der Waals surface area (Å²) in [4.78, 5) is 15.1. The smallest absolute Gasteiger partial charge is 0.248 e. The minimum Gasteiger partial charge on any atom is -0.494 e. The van der Waals surface area contributed by atoms with Gasteiger partial charge in [0, 0.05) is 5.56 Å². The number of benzene rings is 1. The average Bonchev–Trinajstić information content (AvgIpc) is 2.56. The number of hydrogen-bond acceptors (Lipinski definition) is 5. The topological polar surface area (TPSA) is 91.2 Å². The van der Waals surface area contributed by atoms with Gasteiger partial charge in [-0.2, -0.15) is 0 Å². The molecule has 1 amide bonds. The van der Waals surface area contributed by atoms with E-state index in [0.717, 1.165) is 4.70 Å². The number of nitrogens with two attached hydrogens (primary N) is 2. The average molecular weight is 223 g/mol. The molecule has 4 N–H and O–H groups in total. The monoisotopic (exact) mass is 223 g/mol. The first-order valence-corrected chi connectivity index (χ1v) is 4.97. The number of nitrogen functional groups attached to an aromatic ring is 1. The molecule has 5 nitrogen and oxygen atoms in total. The molecule has 0 atom stereocenters. The number of primary amides is 1. The zero-order valence-electron chi connectivity index (χ0n) is 7.98. The number of nitrogens with zero attached hydrogens (tertiary/aromatic N) is 1. The third-order valence-corrected chi connectivity index (χ3v) is 2.81. The zero-order valence-corrected chi connectivity index (χ0v) is 8.80. The van der Waals surface area contributed by atoms with Crippen LogP contribution in [0.2, 0.25) is 0 Å². The Balaban J connectivity index is 2.76. The zero-order chi connectivity index (χ0) is 11.0. The van der Waals surface area contributed by atoms with Crippen LogP contribution in [-0.2, 0) is 0 Å². The number of thiazole rings is 1. The standard InChI is InChI=1S/C9H9N3O2S/c1-14-5-2-4(8(10)13)3-6-7(5)12-9(11)15-6/h2-3H,1H3,(H2,10,13)(H2,11,12). The lowest BCUT2D eigenvalue weighted by Crippen LogP contribution is -2.10. The van der Waals surface area contributed by atoms with E-state index in [1.807, 2.05) is 0 Å². The maximum absolute atomic E-state index is 11.0. The second-order valence-electron chi connectivity index (χ2n) is 2.94. The predicted molar refractivity (Wildman–Crippen MR) is 59.1 cm³/mol. The predicted octanol–water partition coefficient (Wildman–Crippen LogP) is 0.986. The van der Waals surface area contributed by atoms with Gasteiger partial charge in [-0.15, -0.1) is 0 Å². The lowest BCUT2D eigenvalue weighted by atomic mass is 10.2. The largest absolute Gasteiger partial charge is 0.494 e. The van der Waals surface area contributed by atoms with Gasteiger partial charge in [-0.1, -0.05) is 11.3 Å². The molecule has 0 radical (unpaired) electrons. The number of carbonyl (C=O) groups is 1. The van der Waals surface area contributed by atoms with Crippen molar-refractivity contribution in [1.29, 1.82) is 0 Å². The summed E-state index contributed by atoms with van der Waals surface area (Å²) in [6, 6.07) is 3.22. The van der Waals surface area contributed by atoms with Crippen LogP contribution in [0.4, 0.5) is 5.13 Å². The van der Waals surface area contributed by atoms with Gasteiger partial charge in [-0.25, -0.2) is 4.98 Å². The van der Waals surface area contributed by atoms with Crippen LogP contribution in [-0.4, -0.2) is 18.0 Å². The van der Waals surface area contributed by atoms with E-state index in [9.17, 15) is 4.79 Å². The molecule has 1 aromatic heterocycles. The minimum atomic E-state index is -0.498. The van der Waals surface area contributed by atoms with Crippen LogP contribution in [0, 0.1) is 0 Å². The second kappa shape index (κ2) is 3.39. The van der Waals surface area contributed by atoms with E-state index in [4.69, 9.17) is 16.2 Å². The van der Waals surface area contributed by atoms with E-state index in [1.165, 1.54) is 18.4 Å². The highest BCUT2D eigenvalue weighted by molar-refractivity contribution is 7.22. The number of amides is 1. The first-order chi connectivity index (χ1) is 7.11. The van der Waals surface area contributed by atoms with Gasteiger partial charge in [0.05, 0.1) is 11.8 Å². The maximum atomic E-state index is 11.0. The van der Waals surface area contributed by atoms with Gasteiger partial charge in [0.15, 0.2) is 5.13 Å². The molecular weight excluding hydrogens is 214 g/mol. The molecule has 6 heteroatoms. The van der Waals surface area contributed by atoms with Crippen LogP contribution in [0.3, 0.4) is 0 Å². The van der Waals surface area contributed by atoms with Crippen LogP contribution in [0.5, 0.6) is 5.75 Å². The number of aromatic nitrogens is 1. The molecule has 0 spiro atoms. The van der Waals surface area contributed by atoms with Crippen LogP contribution >= 0.6 is 11.3 Å². The Morgan fingerprint density at radius 2 is 2.27 bits per heavy atom. The van der Waals surface area contributed by atoms with Crippen molar-refractivity contribution in [3.8, 4) is 5.75 Å². The molecule has 0 saturated heterocycles. The summed E-state index contributed by atoms with van der Waals surface area (Å²) in [6.07, 6.45) is 0. The summed E-state index contributed by atoms with van der Waals surface area (Å²) < 4.78 is 5.90. The summed E-state index contributed by atoms with van der Waals surface area (Å²) in [5, 5.41) is 0.435. The Morgan fingerprint density at radius 3 is 2.87 bits per heavy atom. The summed E-state index contributed by atoms with van der Waals surface area (Å²) in [5.74, 6) is 0.0106. The number of ether oxygens (including phenoxy) is 1. The van der Waals surface area contributed by atoms with E-state index in [0.29, 0.717) is 22.0 Å². The van der Waals surface area contributed by atoms with Crippen LogP contribution < -0.4 is 16.2 Å². The van der Waals surface area contributed by atoms with Crippen LogP contribution in [0.1, 0.15) is 10.4 Å². The van der Waals surface area contributed by atoms with E-state index in [2.05, 4.69) is 4.98 Å². The fourth-order valence-electron chi connectivity index (χ4n) is 1.31. The molecule has 0 aliphatic heterocycles. The molecule has 0 fully saturated rings. The highest BCUT2D eigenvalue weighted by atomic mass is 32.1. The number of methoxy groups -OCH3 is 1. The SMILES string of the molecule is COc1cc(C(N)=O)cc2sc(N)nc12. The van der Waals surface area contributed by atoms with Crippen molar-refractivity contribution in [3.63, 3.8) is 0 Å². The number of hydrogen-bond donors (Lipinski definition) is 2. The second-order valence-corrected chi connectivity index (χ2v) is 4.00. The Morgan fingerprint density at radius 1 is 1.53 bits per heavy atom. The minimum absolute atomic E-state index is 0.392. The normalized spacial score (nSPS) is 10.5. The van der Waals surface area contributed by atoms with Gasteiger partial charge in [0.1, 0.15) is 11.3 Å². The van der Waals surface area contributed by atoms with Crippen molar-refractivity contribution in [2.75, 3.05) is 12.8 Å². The third-order valence-electron chi connectivity index (χ3n) is 1.98. The fraction of sp³-hybridized carbons (Fsp3) is 0.111. The highest BCUT2D eigenvalue weighted by Gasteiger charge is 2.11. The molecule has 2 rings (SSSR count). The van der Waals surface area contributed by atoms with Gasteiger partial charge in [-0.05, 0) is 12.1 Å². The van der Waals surface area contributed by atoms with E-state index < -0.39 is 5.91 Å². The van der Waals surface area contributed by atoms with Gasteiger partial charge >= 0.3 is 0 Å². The first-order valence-electron chi connectivity index (χ1n) is 4.15. The summed E-state index contributed by atoms with van der Waals surface area (Å²) >= 11 is 1.29. The van der Waals surface area contributed by atoms with Crippen LogP contribution in [0.15, 0.2) is 12.1 Å². The van der Waals surface area contributed by atoms with Gasteiger partial charge < -0.3 is 16.2 Å². The quantitative estimate of drug-likeness (QED) is 0.794. The van der Waals surface area contributed by atoms with Gasteiger partial charge in [-0.3, -0.25) is 4.79 Å². The summed E-state index contributed by atoms with van der Waals surface area (Å²) in [7, 11) is 1.51. The molecule has 0 unspecified atom stereocenters. The summed E-state index contributed by atoms with van der Waals surface area (Å²) in [5.41, 5.74) is 11.8. The molecule has 0 aliphatic rings. The molecule has 2 aromatic rings. The Hall–Kier alpha value is -1.82. The van der Waals surface area contributed by atoms with Crippen molar-refractivity contribution >= 4 is 32.6 Å². The molecule has 0 bridgehead atoms. The van der Waals surface area contributed by atoms with Gasteiger partial charge in [0.25, 0.3) is 0 Å². The van der Waals surface area contributed by atoms with Crippen molar-refractivity contribution < 1.29 is 9.53 Å². The van der Waals surface area contributed by atoms with Crippen molar-refractivity contribution in [3.05, 3.63) is 17.7 Å². The Bertz CT molecular complexity index is 535. The van der Waals surface area contributed by atoms with E-state index in [-0.39, 0.29) is 0 Å². The number of fused-ring (bicyclic) bond motifs is 1. The first kappa shape index (κ1) is 9.72. The number of carbonyl (C=O) groups excluding carboxylic acids is 1.